The van der Waals surface area contributed by atoms with Crippen LogP contribution in [0.15, 0.2) is 24.3 Å². The lowest BCUT2D eigenvalue weighted by Crippen LogP contribution is -2.41. The van der Waals surface area contributed by atoms with E-state index >= 15 is 0 Å². The summed E-state index contributed by atoms with van der Waals surface area (Å²) < 4.78 is 0. The molecule has 0 amide bonds. The van der Waals surface area contributed by atoms with Gasteiger partial charge < -0.3 is 16.0 Å². The molecule has 0 aliphatic carbocycles. The molecule has 0 saturated carbocycles. The van der Waals surface area contributed by atoms with Gasteiger partial charge in [-0.2, -0.15) is 0 Å². The van der Waals surface area contributed by atoms with Crippen molar-refractivity contribution >= 4 is 18.1 Å². The second kappa shape index (κ2) is 7.62. The van der Waals surface area contributed by atoms with E-state index in [1.165, 1.54) is 37.2 Å². The third-order valence-corrected chi connectivity index (χ3v) is 3.42. The molecule has 1 saturated heterocycles. The lowest BCUT2D eigenvalue weighted by atomic mass is 10.0. The normalized spacial score (nSPS) is 17.2. The summed E-state index contributed by atoms with van der Waals surface area (Å²) in [5.74, 6) is 0. The minimum atomic E-state index is 0. The minimum absolute atomic E-state index is 0. The minimum Gasteiger partial charge on any atom is -0.382 e. The van der Waals surface area contributed by atoms with Gasteiger partial charge in [-0.3, -0.25) is 0 Å². The van der Waals surface area contributed by atoms with Gasteiger partial charge in [0, 0.05) is 37.9 Å². The van der Waals surface area contributed by atoms with Crippen molar-refractivity contribution in [2.45, 2.75) is 25.8 Å². The first kappa shape index (κ1) is 15.3. The molecule has 3 nitrogen and oxygen atoms in total. The molecule has 1 fully saturated rings. The summed E-state index contributed by atoms with van der Waals surface area (Å²) in [5, 5.41) is 3.63. The molecule has 0 atom stereocenters. The van der Waals surface area contributed by atoms with Crippen LogP contribution in [0.25, 0.3) is 0 Å². The Morgan fingerprint density at radius 2 is 2.06 bits per heavy atom. The number of nitrogens with one attached hydrogen (secondary N) is 1. The smallest absolute Gasteiger partial charge is 0.0344 e. The number of benzene rings is 1. The maximum absolute atomic E-state index is 5.58. The fourth-order valence-electron chi connectivity index (χ4n) is 2.45. The summed E-state index contributed by atoms with van der Waals surface area (Å²) >= 11 is 0. The van der Waals surface area contributed by atoms with Gasteiger partial charge in [0.2, 0.25) is 0 Å². The first-order chi connectivity index (χ1) is 8.28. The van der Waals surface area contributed by atoms with E-state index in [2.05, 4.69) is 41.4 Å². The number of aryl methyl sites for hydroxylation is 1. The fraction of sp³-hybridized carbons (Fsp3) is 0.571. The van der Waals surface area contributed by atoms with Crippen LogP contribution in [0.2, 0.25) is 0 Å². The van der Waals surface area contributed by atoms with E-state index in [9.17, 15) is 0 Å². The van der Waals surface area contributed by atoms with Crippen LogP contribution in [0, 0.1) is 6.92 Å². The lowest BCUT2D eigenvalue weighted by molar-refractivity contribution is 0.224. The van der Waals surface area contributed by atoms with Crippen molar-refractivity contribution in [3.05, 3.63) is 29.8 Å². The Labute approximate surface area is 116 Å². The Morgan fingerprint density at radius 1 is 1.33 bits per heavy atom. The van der Waals surface area contributed by atoms with Gasteiger partial charge in [0.05, 0.1) is 0 Å². The highest BCUT2D eigenvalue weighted by Crippen LogP contribution is 2.17. The molecule has 3 N–H and O–H groups in total. The maximum atomic E-state index is 5.58. The Hall–Kier alpha value is -0.770. The number of piperidine rings is 1. The molecule has 18 heavy (non-hydrogen) atoms. The van der Waals surface area contributed by atoms with Crippen molar-refractivity contribution in [3.8, 4) is 0 Å². The molecule has 0 radical (unpaired) electrons. The molecule has 1 aromatic carbocycles. The molecule has 4 heteroatoms. The van der Waals surface area contributed by atoms with Crippen molar-refractivity contribution in [1.82, 2.24) is 4.90 Å². The predicted octanol–water partition coefficient (Wildman–Crippen LogP) is 2.25. The van der Waals surface area contributed by atoms with Crippen LogP contribution in [0.5, 0.6) is 0 Å². The van der Waals surface area contributed by atoms with Crippen molar-refractivity contribution in [1.29, 1.82) is 0 Å². The molecule has 1 heterocycles. The molecule has 0 bridgehead atoms. The molecule has 1 aliphatic rings. The Morgan fingerprint density at radius 3 is 2.67 bits per heavy atom. The van der Waals surface area contributed by atoms with E-state index in [0.717, 1.165) is 13.1 Å². The summed E-state index contributed by atoms with van der Waals surface area (Å²) in [4.78, 5) is 2.45. The van der Waals surface area contributed by atoms with Gasteiger partial charge in [-0.15, -0.1) is 12.4 Å². The highest BCUT2D eigenvalue weighted by atomic mass is 35.5. The predicted molar refractivity (Wildman–Crippen MR) is 80.6 cm³/mol. The number of likely N-dealkylation sites (tertiary alicyclic amines) is 1. The van der Waals surface area contributed by atoms with Gasteiger partial charge in [0.15, 0.2) is 0 Å². The molecule has 2 rings (SSSR count). The number of halogens is 1. The van der Waals surface area contributed by atoms with E-state index in [4.69, 9.17) is 5.73 Å². The molecule has 0 spiro atoms. The van der Waals surface area contributed by atoms with Crippen molar-refractivity contribution in [2.24, 2.45) is 5.73 Å². The first-order valence-corrected chi connectivity index (χ1v) is 6.53. The monoisotopic (exact) mass is 269 g/mol. The molecule has 1 aromatic rings. The van der Waals surface area contributed by atoms with Crippen molar-refractivity contribution < 1.29 is 0 Å². The summed E-state index contributed by atoms with van der Waals surface area (Å²) in [7, 11) is 0. The zero-order valence-corrected chi connectivity index (χ0v) is 11.9. The van der Waals surface area contributed by atoms with Crippen molar-refractivity contribution in [3.63, 3.8) is 0 Å². The number of anilines is 1. The number of nitrogens with two attached hydrogens (primary N) is 1. The zero-order valence-electron chi connectivity index (χ0n) is 11.1. The number of nitrogens with zero attached hydrogens (tertiary/aromatic N) is 1. The Kier molecular flexibility index (Phi) is 6.47. The largest absolute Gasteiger partial charge is 0.382 e. The van der Waals surface area contributed by atoms with E-state index in [-0.39, 0.29) is 12.4 Å². The Balaban J connectivity index is 0.00000162. The first-order valence-electron chi connectivity index (χ1n) is 6.53. The SMILES string of the molecule is Cc1cccc(NC2CCN(CCN)CC2)c1.Cl. The third kappa shape index (κ3) is 4.48. The molecular formula is C14H24ClN3. The van der Waals surface area contributed by atoms with E-state index < -0.39 is 0 Å². The molecule has 102 valence electrons. The van der Waals surface area contributed by atoms with Gasteiger partial charge >= 0.3 is 0 Å². The standard InChI is InChI=1S/C14H23N3.ClH/c1-12-3-2-4-14(11-12)16-13-5-8-17(9-6-13)10-7-15;/h2-4,11,13,16H,5-10,15H2,1H3;1H. The van der Waals surface area contributed by atoms with Crippen LogP contribution in [0.4, 0.5) is 5.69 Å². The van der Waals surface area contributed by atoms with Gasteiger partial charge in [0.25, 0.3) is 0 Å². The fourth-order valence-corrected chi connectivity index (χ4v) is 2.45. The van der Waals surface area contributed by atoms with Crippen LogP contribution in [0.3, 0.4) is 0 Å². The van der Waals surface area contributed by atoms with Gasteiger partial charge in [-0.25, -0.2) is 0 Å². The second-order valence-corrected chi connectivity index (χ2v) is 4.92. The summed E-state index contributed by atoms with van der Waals surface area (Å²) in [6.45, 7) is 6.28. The summed E-state index contributed by atoms with van der Waals surface area (Å²) in [6, 6.07) is 9.23. The van der Waals surface area contributed by atoms with E-state index in [1.54, 1.807) is 0 Å². The number of rotatable bonds is 4. The van der Waals surface area contributed by atoms with Crippen LogP contribution in [-0.4, -0.2) is 37.1 Å². The quantitative estimate of drug-likeness (QED) is 0.881. The van der Waals surface area contributed by atoms with E-state index in [1.807, 2.05) is 0 Å². The summed E-state index contributed by atoms with van der Waals surface area (Å²) in [5.41, 5.74) is 8.14. The highest BCUT2D eigenvalue weighted by Gasteiger charge is 2.18. The average Bonchev–Trinajstić information content (AvgIpc) is 2.32. The van der Waals surface area contributed by atoms with Crippen molar-refractivity contribution in [2.75, 3.05) is 31.5 Å². The third-order valence-electron chi connectivity index (χ3n) is 3.42. The van der Waals surface area contributed by atoms with Gasteiger partial charge in [0.1, 0.15) is 0 Å². The summed E-state index contributed by atoms with van der Waals surface area (Å²) in [6.07, 6.45) is 2.43. The lowest BCUT2D eigenvalue weighted by Gasteiger charge is -2.32. The van der Waals surface area contributed by atoms with Gasteiger partial charge in [-0.1, -0.05) is 12.1 Å². The van der Waals surface area contributed by atoms with Crippen LogP contribution in [0.1, 0.15) is 18.4 Å². The number of hydrogen-bond acceptors (Lipinski definition) is 3. The highest BCUT2D eigenvalue weighted by molar-refractivity contribution is 5.85. The van der Waals surface area contributed by atoms with Crippen LogP contribution >= 0.6 is 12.4 Å². The number of hydrogen-bond donors (Lipinski definition) is 2. The van der Waals surface area contributed by atoms with Crippen LogP contribution in [-0.2, 0) is 0 Å². The zero-order chi connectivity index (χ0) is 12.1. The molecule has 0 aromatic heterocycles. The molecular weight excluding hydrogens is 246 g/mol. The van der Waals surface area contributed by atoms with Gasteiger partial charge in [-0.05, 0) is 37.5 Å². The average molecular weight is 270 g/mol. The molecule has 0 unspecified atom stereocenters. The van der Waals surface area contributed by atoms with E-state index in [0.29, 0.717) is 6.04 Å². The molecule has 1 aliphatic heterocycles. The van der Waals surface area contributed by atoms with Crippen LogP contribution < -0.4 is 11.1 Å². The second-order valence-electron chi connectivity index (χ2n) is 4.92. The topological polar surface area (TPSA) is 41.3 Å². The maximum Gasteiger partial charge on any atom is 0.0344 e. The Bertz CT molecular complexity index is 349.